The molecule has 1 aromatic carbocycles. The molecule has 8 nitrogen and oxygen atoms in total. The Kier molecular flexibility index (Phi) is 6.22. The lowest BCUT2D eigenvalue weighted by Crippen LogP contribution is -2.27. The Labute approximate surface area is 176 Å². The first-order chi connectivity index (χ1) is 14.7. The van der Waals surface area contributed by atoms with Gasteiger partial charge in [-0.25, -0.2) is 4.79 Å². The molecule has 0 unspecified atom stereocenters. The third-order valence-electron chi connectivity index (χ3n) is 4.60. The minimum absolute atomic E-state index is 0.407. The zero-order chi connectivity index (χ0) is 20.9. The fourth-order valence-corrected chi connectivity index (χ4v) is 3.80. The second-order valence-electron chi connectivity index (χ2n) is 6.63. The van der Waals surface area contributed by atoms with Crippen LogP contribution in [0.3, 0.4) is 0 Å². The van der Waals surface area contributed by atoms with E-state index >= 15 is 0 Å². The van der Waals surface area contributed by atoms with Crippen LogP contribution in [0.15, 0.2) is 55.4 Å². The van der Waals surface area contributed by atoms with Gasteiger partial charge in [0.05, 0.1) is 25.1 Å². The van der Waals surface area contributed by atoms with Gasteiger partial charge in [0.2, 0.25) is 5.89 Å². The number of benzene rings is 1. The van der Waals surface area contributed by atoms with Crippen molar-refractivity contribution in [2.75, 3.05) is 27.4 Å². The Morgan fingerprint density at radius 2 is 2.00 bits per heavy atom. The molecule has 0 radical (unpaired) electrons. The van der Waals surface area contributed by atoms with E-state index in [1.807, 2.05) is 29.6 Å². The monoisotopic (exact) mass is 427 g/mol. The fourth-order valence-electron chi connectivity index (χ4n) is 3.15. The van der Waals surface area contributed by atoms with Crippen molar-refractivity contribution in [1.29, 1.82) is 0 Å². The Bertz CT molecular complexity index is 1170. The van der Waals surface area contributed by atoms with Gasteiger partial charge < -0.3 is 18.3 Å². The first-order valence-corrected chi connectivity index (χ1v) is 10.2. The molecule has 0 N–H and O–H groups in total. The topological polar surface area (TPSA) is 90.8 Å². The van der Waals surface area contributed by atoms with Crippen molar-refractivity contribution in [3.8, 4) is 16.5 Å². The van der Waals surface area contributed by atoms with Crippen molar-refractivity contribution >= 4 is 22.3 Å². The molecular weight excluding hydrogens is 406 g/mol. The van der Waals surface area contributed by atoms with E-state index in [1.165, 1.54) is 6.07 Å². The minimum atomic E-state index is -0.407. The van der Waals surface area contributed by atoms with Crippen LogP contribution < -0.4 is 10.4 Å². The maximum Gasteiger partial charge on any atom is 0.336 e. The van der Waals surface area contributed by atoms with Gasteiger partial charge in [-0.2, -0.15) is 0 Å². The van der Waals surface area contributed by atoms with Gasteiger partial charge in [0.1, 0.15) is 11.3 Å². The zero-order valence-electron chi connectivity index (χ0n) is 16.7. The molecule has 0 fully saturated rings. The number of hydrogen-bond donors (Lipinski definition) is 0. The second-order valence-corrected chi connectivity index (χ2v) is 7.58. The second kappa shape index (κ2) is 9.21. The molecule has 0 amide bonds. The van der Waals surface area contributed by atoms with Crippen molar-refractivity contribution in [1.82, 2.24) is 15.1 Å². The summed E-state index contributed by atoms with van der Waals surface area (Å²) in [6, 6.07) is 10.8. The molecule has 9 heteroatoms. The van der Waals surface area contributed by atoms with Gasteiger partial charge in [-0.05, 0) is 29.1 Å². The van der Waals surface area contributed by atoms with Crippen molar-refractivity contribution < 1.29 is 18.3 Å². The average molecular weight is 427 g/mol. The van der Waals surface area contributed by atoms with E-state index in [4.69, 9.17) is 18.3 Å². The Morgan fingerprint density at radius 1 is 1.10 bits per heavy atom. The molecule has 4 aromatic rings. The number of methoxy groups -OCH3 is 2. The van der Waals surface area contributed by atoms with E-state index in [1.54, 1.807) is 31.6 Å². The number of nitrogens with zero attached hydrogens (tertiary/aromatic N) is 3. The third-order valence-corrected chi connectivity index (χ3v) is 5.46. The first kappa shape index (κ1) is 20.3. The molecule has 30 heavy (non-hydrogen) atoms. The minimum Gasteiger partial charge on any atom is -0.497 e. The molecule has 3 aromatic heterocycles. The lowest BCUT2D eigenvalue weighted by atomic mass is 10.1. The molecule has 0 atom stereocenters. The van der Waals surface area contributed by atoms with Gasteiger partial charge in [-0.1, -0.05) is 6.07 Å². The smallest absolute Gasteiger partial charge is 0.336 e. The standard InChI is InChI=1S/C21H21N3O5S/c1-26-8-7-24(13-19-22-23-21(29-19)18-4-3-9-30-18)12-14-10-20(25)28-17-11-15(27-2)5-6-16(14)17/h3-6,9-11H,7-8,12-13H2,1-2H3. The van der Waals surface area contributed by atoms with Crippen LogP contribution in [0.5, 0.6) is 5.75 Å². The number of hydrogen-bond acceptors (Lipinski definition) is 9. The van der Waals surface area contributed by atoms with Crippen LogP contribution in [0.2, 0.25) is 0 Å². The molecule has 0 bridgehead atoms. The van der Waals surface area contributed by atoms with Gasteiger partial charge >= 0.3 is 5.63 Å². The van der Waals surface area contributed by atoms with Crippen LogP contribution in [-0.4, -0.2) is 42.5 Å². The predicted molar refractivity (Wildman–Crippen MR) is 113 cm³/mol. The third kappa shape index (κ3) is 4.59. The Morgan fingerprint density at radius 3 is 2.77 bits per heavy atom. The summed E-state index contributed by atoms with van der Waals surface area (Å²) in [5.41, 5.74) is 0.925. The SMILES string of the molecule is COCCN(Cc1nnc(-c2cccs2)o1)Cc1cc(=O)oc2cc(OC)ccc12. The van der Waals surface area contributed by atoms with Crippen LogP contribution in [0.25, 0.3) is 21.7 Å². The lowest BCUT2D eigenvalue weighted by molar-refractivity contribution is 0.134. The highest BCUT2D eigenvalue weighted by Crippen LogP contribution is 2.25. The van der Waals surface area contributed by atoms with Crippen molar-refractivity contribution in [3.63, 3.8) is 0 Å². The zero-order valence-corrected chi connectivity index (χ0v) is 17.5. The summed E-state index contributed by atoms with van der Waals surface area (Å²) in [6.07, 6.45) is 0. The highest BCUT2D eigenvalue weighted by molar-refractivity contribution is 7.13. The quantitative estimate of drug-likeness (QED) is 0.375. The molecule has 0 aliphatic heterocycles. The van der Waals surface area contributed by atoms with Crippen molar-refractivity contribution in [2.45, 2.75) is 13.1 Å². The predicted octanol–water partition coefficient (Wildman–Crippen LogP) is 3.56. The molecule has 3 heterocycles. The van der Waals surface area contributed by atoms with E-state index in [9.17, 15) is 4.79 Å². The summed E-state index contributed by atoms with van der Waals surface area (Å²) in [5.74, 6) is 1.64. The highest BCUT2D eigenvalue weighted by atomic mass is 32.1. The number of fused-ring (bicyclic) bond motifs is 1. The van der Waals surface area contributed by atoms with Crippen LogP contribution in [0.4, 0.5) is 0 Å². The molecule has 0 saturated heterocycles. The van der Waals surface area contributed by atoms with Gasteiger partial charge in [0.25, 0.3) is 5.89 Å². The maximum absolute atomic E-state index is 12.1. The molecule has 0 saturated carbocycles. The number of thiophene rings is 1. The summed E-state index contributed by atoms with van der Waals surface area (Å²) in [5, 5.41) is 11.1. The van der Waals surface area contributed by atoms with Crippen molar-refractivity contribution in [2.24, 2.45) is 0 Å². The summed E-state index contributed by atoms with van der Waals surface area (Å²) < 4.78 is 21.7. The van der Waals surface area contributed by atoms with E-state index in [0.29, 0.717) is 49.4 Å². The van der Waals surface area contributed by atoms with Crippen LogP contribution in [0.1, 0.15) is 11.5 Å². The Hall–Kier alpha value is -3.01. The maximum atomic E-state index is 12.1. The van der Waals surface area contributed by atoms with E-state index in [0.717, 1.165) is 15.8 Å². The summed E-state index contributed by atoms with van der Waals surface area (Å²) in [7, 11) is 3.23. The van der Waals surface area contributed by atoms with Gasteiger partial charge in [-0.3, -0.25) is 4.90 Å². The summed E-state index contributed by atoms with van der Waals surface area (Å²) in [6.45, 7) is 2.08. The lowest BCUT2D eigenvalue weighted by Gasteiger charge is -2.20. The molecule has 0 aliphatic carbocycles. The number of rotatable bonds is 9. The Balaban J connectivity index is 1.59. The highest BCUT2D eigenvalue weighted by Gasteiger charge is 2.16. The van der Waals surface area contributed by atoms with Gasteiger partial charge in [0, 0.05) is 37.7 Å². The molecular formula is C21H21N3O5S. The fraction of sp³-hybridized carbons (Fsp3) is 0.286. The van der Waals surface area contributed by atoms with Gasteiger partial charge in [-0.15, -0.1) is 21.5 Å². The van der Waals surface area contributed by atoms with E-state index < -0.39 is 5.63 Å². The summed E-state index contributed by atoms with van der Waals surface area (Å²) in [4.78, 5) is 15.1. The normalized spacial score (nSPS) is 11.4. The summed E-state index contributed by atoms with van der Waals surface area (Å²) >= 11 is 1.55. The number of ether oxygens (including phenoxy) is 2. The largest absolute Gasteiger partial charge is 0.497 e. The average Bonchev–Trinajstić information content (AvgIpc) is 3.43. The van der Waals surface area contributed by atoms with Crippen LogP contribution in [0, 0.1) is 0 Å². The molecule has 0 spiro atoms. The first-order valence-electron chi connectivity index (χ1n) is 9.34. The van der Waals surface area contributed by atoms with Crippen LogP contribution in [-0.2, 0) is 17.8 Å². The van der Waals surface area contributed by atoms with Crippen LogP contribution >= 0.6 is 11.3 Å². The number of aromatic nitrogens is 2. The van der Waals surface area contributed by atoms with Crippen molar-refractivity contribution in [3.05, 3.63) is 63.7 Å². The van der Waals surface area contributed by atoms with E-state index in [2.05, 4.69) is 15.1 Å². The molecule has 156 valence electrons. The molecule has 4 rings (SSSR count). The van der Waals surface area contributed by atoms with E-state index in [-0.39, 0.29) is 0 Å². The molecule has 0 aliphatic rings. The van der Waals surface area contributed by atoms with Gasteiger partial charge in [0.15, 0.2) is 0 Å².